The van der Waals surface area contributed by atoms with Gasteiger partial charge < -0.3 is 4.74 Å². The number of rotatable bonds is 5. The molecule has 0 radical (unpaired) electrons. The number of ketones is 1. The molecule has 3 heteroatoms. The third-order valence-corrected chi connectivity index (χ3v) is 4.64. The zero-order chi connectivity index (χ0) is 12.3. The van der Waals surface area contributed by atoms with Crippen LogP contribution in [0.2, 0.25) is 0 Å². The first-order valence-electron chi connectivity index (χ1n) is 7.11. The van der Waals surface area contributed by atoms with Crippen LogP contribution in [0.1, 0.15) is 46.0 Å². The summed E-state index contributed by atoms with van der Waals surface area (Å²) in [6.07, 6.45) is 5.30. The molecule has 2 rings (SSSR count). The molecule has 0 N–H and O–H groups in total. The largest absolute Gasteiger partial charge is 0.381 e. The minimum atomic E-state index is -0.200. The van der Waals surface area contributed by atoms with Gasteiger partial charge in [0.15, 0.2) is 5.78 Å². The highest BCUT2D eigenvalue weighted by Gasteiger charge is 2.45. The highest BCUT2D eigenvalue weighted by molar-refractivity contribution is 5.90. The SMILES string of the molecule is CCC(CC)(C(=O)C1CCOC1)N1CCCC1. The highest BCUT2D eigenvalue weighted by Crippen LogP contribution is 2.33. The second kappa shape index (κ2) is 5.49. The monoisotopic (exact) mass is 239 g/mol. The van der Waals surface area contributed by atoms with E-state index in [0.29, 0.717) is 12.4 Å². The van der Waals surface area contributed by atoms with Crippen LogP contribution >= 0.6 is 0 Å². The van der Waals surface area contributed by atoms with Crippen LogP contribution in [0.3, 0.4) is 0 Å². The van der Waals surface area contributed by atoms with Gasteiger partial charge in [-0.15, -0.1) is 0 Å². The van der Waals surface area contributed by atoms with E-state index in [1.54, 1.807) is 0 Å². The van der Waals surface area contributed by atoms with Crippen molar-refractivity contribution in [1.82, 2.24) is 4.90 Å². The summed E-state index contributed by atoms with van der Waals surface area (Å²) in [5.74, 6) is 0.595. The maximum absolute atomic E-state index is 12.8. The lowest BCUT2D eigenvalue weighted by atomic mass is 9.79. The number of hydrogen-bond donors (Lipinski definition) is 0. The van der Waals surface area contributed by atoms with Crippen molar-refractivity contribution in [3.63, 3.8) is 0 Å². The summed E-state index contributed by atoms with van der Waals surface area (Å²) in [5, 5.41) is 0. The van der Waals surface area contributed by atoms with Crippen LogP contribution in [-0.4, -0.2) is 42.5 Å². The van der Waals surface area contributed by atoms with Gasteiger partial charge in [0.25, 0.3) is 0 Å². The standard InChI is InChI=1S/C14H25NO2/c1-3-14(4-2,15-8-5-6-9-15)13(16)12-7-10-17-11-12/h12H,3-11H2,1-2H3. The van der Waals surface area contributed by atoms with E-state index in [2.05, 4.69) is 18.7 Å². The summed E-state index contributed by atoms with van der Waals surface area (Å²) >= 11 is 0. The normalized spacial score (nSPS) is 26.6. The number of nitrogens with zero attached hydrogens (tertiary/aromatic N) is 1. The third kappa shape index (κ3) is 2.27. The van der Waals surface area contributed by atoms with Gasteiger partial charge in [-0.1, -0.05) is 13.8 Å². The smallest absolute Gasteiger partial charge is 0.158 e. The van der Waals surface area contributed by atoms with Crippen LogP contribution in [-0.2, 0) is 9.53 Å². The molecule has 98 valence electrons. The van der Waals surface area contributed by atoms with Crippen molar-refractivity contribution >= 4 is 5.78 Å². The predicted octanol–water partition coefficient (Wildman–Crippen LogP) is 2.25. The van der Waals surface area contributed by atoms with Crippen LogP contribution < -0.4 is 0 Å². The zero-order valence-electron chi connectivity index (χ0n) is 11.2. The Balaban J connectivity index is 2.16. The molecule has 0 bridgehead atoms. The van der Waals surface area contributed by atoms with E-state index in [1.807, 2.05) is 0 Å². The molecule has 2 heterocycles. The Morgan fingerprint density at radius 3 is 2.41 bits per heavy atom. The Bertz CT molecular complexity index is 261. The fourth-order valence-corrected chi connectivity index (χ4v) is 3.47. The average molecular weight is 239 g/mol. The topological polar surface area (TPSA) is 29.5 Å². The molecule has 0 aliphatic carbocycles. The van der Waals surface area contributed by atoms with Crippen LogP contribution in [0.5, 0.6) is 0 Å². The summed E-state index contributed by atoms with van der Waals surface area (Å²) in [7, 11) is 0. The molecule has 0 aromatic rings. The average Bonchev–Trinajstić information content (AvgIpc) is 3.04. The molecule has 0 aromatic carbocycles. The van der Waals surface area contributed by atoms with Gasteiger partial charge in [0.05, 0.1) is 12.1 Å². The highest BCUT2D eigenvalue weighted by atomic mass is 16.5. The molecule has 0 amide bonds. The van der Waals surface area contributed by atoms with E-state index >= 15 is 0 Å². The van der Waals surface area contributed by atoms with Gasteiger partial charge in [-0.2, -0.15) is 0 Å². The van der Waals surface area contributed by atoms with Crippen LogP contribution in [0.25, 0.3) is 0 Å². The number of likely N-dealkylation sites (tertiary alicyclic amines) is 1. The lowest BCUT2D eigenvalue weighted by molar-refractivity contribution is -0.135. The van der Waals surface area contributed by atoms with Crippen LogP contribution in [0, 0.1) is 5.92 Å². The fraction of sp³-hybridized carbons (Fsp3) is 0.929. The van der Waals surface area contributed by atoms with E-state index in [0.717, 1.165) is 39.0 Å². The zero-order valence-corrected chi connectivity index (χ0v) is 11.2. The Kier molecular flexibility index (Phi) is 4.21. The van der Waals surface area contributed by atoms with E-state index in [-0.39, 0.29) is 11.5 Å². The lowest BCUT2D eigenvalue weighted by Gasteiger charge is -2.40. The van der Waals surface area contributed by atoms with Gasteiger partial charge in [-0.25, -0.2) is 0 Å². The van der Waals surface area contributed by atoms with Gasteiger partial charge in [0, 0.05) is 12.5 Å². The summed E-state index contributed by atoms with van der Waals surface area (Å²) < 4.78 is 5.39. The molecule has 3 nitrogen and oxygen atoms in total. The van der Waals surface area contributed by atoms with Crippen molar-refractivity contribution in [3.8, 4) is 0 Å². The Morgan fingerprint density at radius 2 is 1.94 bits per heavy atom. The van der Waals surface area contributed by atoms with Gasteiger partial charge >= 0.3 is 0 Å². The molecule has 1 atom stereocenters. The first kappa shape index (κ1) is 13.0. The molecule has 0 saturated carbocycles. The van der Waals surface area contributed by atoms with E-state index < -0.39 is 0 Å². The van der Waals surface area contributed by atoms with Crippen molar-refractivity contribution in [3.05, 3.63) is 0 Å². The van der Waals surface area contributed by atoms with Crippen molar-refractivity contribution in [1.29, 1.82) is 0 Å². The number of Topliss-reactive ketones (excluding diaryl/α,β-unsaturated/α-hetero) is 1. The van der Waals surface area contributed by atoms with E-state index in [9.17, 15) is 4.79 Å². The molecule has 2 aliphatic heterocycles. The first-order valence-corrected chi connectivity index (χ1v) is 7.11. The Morgan fingerprint density at radius 1 is 1.29 bits per heavy atom. The molecule has 2 saturated heterocycles. The predicted molar refractivity (Wildman–Crippen MR) is 68.1 cm³/mol. The molecule has 2 fully saturated rings. The minimum Gasteiger partial charge on any atom is -0.381 e. The van der Waals surface area contributed by atoms with Crippen molar-refractivity contribution in [2.45, 2.75) is 51.5 Å². The minimum absolute atomic E-state index is 0.149. The van der Waals surface area contributed by atoms with E-state index in [1.165, 1.54) is 12.8 Å². The lowest BCUT2D eigenvalue weighted by Crippen LogP contribution is -2.55. The third-order valence-electron chi connectivity index (χ3n) is 4.64. The Hall–Kier alpha value is -0.410. The maximum Gasteiger partial charge on any atom is 0.158 e. The molecule has 17 heavy (non-hydrogen) atoms. The maximum atomic E-state index is 12.8. The number of carbonyl (C=O) groups excluding carboxylic acids is 1. The fourth-order valence-electron chi connectivity index (χ4n) is 3.47. The summed E-state index contributed by atoms with van der Waals surface area (Å²) in [4.78, 5) is 15.2. The van der Waals surface area contributed by atoms with Gasteiger partial charge in [0.2, 0.25) is 0 Å². The van der Waals surface area contributed by atoms with Gasteiger partial charge in [0.1, 0.15) is 0 Å². The molecule has 2 aliphatic rings. The molecule has 1 unspecified atom stereocenters. The molecule has 0 spiro atoms. The second-order valence-corrected chi connectivity index (χ2v) is 5.36. The first-order chi connectivity index (χ1) is 8.24. The number of hydrogen-bond acceptors (Lipinski definition) is 3. The van der Waals surface area contributed by atoms with Crippen LogP contribution in [0.15, 0.2) is 0 Å². The second-order valence-electron chi connectivity index (χ2n) is 5.36. The van der Waals surface area contributed by atoms with Crippen molar-refractivity contribution < 1.29 is 9.53 Å². The summed E-state index contributed by atoms with van der Waals surface area (Å²) in [5.41, 5.74) is -0.200. The Labute approximate surface area is 105 Å². The molecular formula is C14H25NO2. The van der Waals surface area contributed by atoms with E-state index in [4.69, 9.17) is 4.74 Å². The van der Waals surface area contributed by atoms with Crippen molar-refractivity contribution in [2.24, 2.45) is 5.92 Å². The van der Waals surface area contributed by atoms with Crippen LogP contribution in [0.4, 0.5) is 0 Å². The number of ether oxygens (including phenoxy) is 1. The quantitative estimate of drug-likeness (QED) is 0.737. The van der Waals surface area contributed by atoms with Gasteiger partial charge in [-0.05, 0) is 45.2 Å². The number of carbonyl (C=O) groups is 1. The van der Waals surface area contributed by atoms with Crippen molar-refractivity contribution in [2.75, 3.05) is 26.3 Å². The molecule has 0 aromatic heterocycles. The molecular weight excluding hydrogens is 214 g/mol. The summed E-state index contributed by atoms with van der Waals surface area (Å²) in [6, 6.07) is 0. The van der Waals surface area contributed by atoms with Gasteiger partial charge in [-0.3, -0.25) is 9.69 Å². The summed E-state index contributed by atoms with van der Waals surface area (Å²) in [6.45, 7) is 7.93.